The average Bonchev–Trinajstić information content (AvgIpc) is 2.60. The van der Waals surface area contributed by atoms with Crippen LogP contribution in [0, 0.1) is 11.8 Å². The van der Waals surface area contributed by atoms with Crippen molar-refractivity contribution >= 4 is 12.1 Å². The highest BCUT2D eigenvalue weighted by atomic mass is 16.2. The third kappa shape index (κ3) is 12.0. The van der Waals surface area contributed by atoms with Gasteiger partial charge in [-0.1, -0.05) is 76.4 Å². The van der Waals surface area contributed by atoms with Crippen molar-refractivity contribution in [1.29, 1.82) is 0 Å². The average molecular weight is 341 g/mol. The molecule has 0 rings (SSSR count). The van der Waals surface area contributed by atoms with E-state index in [2.05, 4.69) is 48.6 Å². The third-order valence-corrected chi connectivity index (χ3v) is 4.40. The Balaban J connectivity index is 4.04. The van der Waals surface area contributed by atoms with Gasteiger partial charge in [-0.05, 0) is 24.7 Å². The molecular formula is C18H36N4O2. The number of urea groups is 2. The topological polar surface area (TPSA) is 82.9 Å². The van der Waals surface area contributed by atoms with Crippen molar-refractivity contribution in [2.24, 2.45) is 22.1 Å². The highest BCUT2D eigenvalue weighted by Gasteiger charge is 2.09. The smallest absolute Gasteiger partial charge is 0.335 e. The lowest BCUT2D eigenvalue weighted by atomic mass is 9.99. The lowest BCUT2D eigenvalue weighted by molar-refractivity contribution is 0.238. The Morgan fingerprint density at radius 2 is 1.12 bits per heavy atom. The van der Waals surface area contributed by atoms with Crippen molar-refractivity contribution in [3.8, 4) is 0 Å². The number of hydrogen-bond donors (Lipinski definition) is 2. The van der Waals surface area contributed by atoms with E-state index in [1.54, 1.807) is 0 Å². The van der Waals surface area contributed by atoms with Crippen LogP contribution in [0.25, 0.3) is 0 Å². The molecule has 0 aromatic heterocycles. The molecule has 0 heterocycles. The van der Waals surface area contributed by atoms with Crippen molar-refractivity contribution < 1.29 is 9.59 Å². The molecule has 0 aliphatic carbocycles. The van der Waals surface area contributed by atoms with Crippen molar-refractivity contribution in [1.82, 2.24) is 10.6 Å². The molecule has 2 N–H and O–H groups in total. The van der Waals surface area contributed by atoms with E-state index in [1.807, 2.05) is 0 Å². The molecule has 0 aromatic carbocycles. The molecule has 4 amide bonds. The van der Waals surface area contributed by atoms with E-state index >= 15 is 0 Å². The van der Waals surface area contributed by atoms with Crippen LogP contribution in [0.15, 0.2) is 10.2 Å². The Bertz CT molecular complexity index is 338. The largest absolute Gasteiger partial charge is 0.359 e. The van der Waals surface area contributed by atoms with Crippen molar-refractivity contribution in [3.05, 3.63) is 0 Å². The van der Waals surface area contributed by atoms with E-state index in [0.717, 1.165) is 51.4 Å². The van der Waals surface area contributed by atoms with Gasteiger partial charge < -0.3 is 10.6 Å². The summed E-state index contributed by atoms with van der Waals surface area (Å²) >= 11 is 0. The van der Waals surface area contributed by atoms with Crippen LogP contribution in [0.5, 0.6) is 0 Å². The van der Waals surface area contributed by atoms with E-state index in [9.17, 15) is 9.59 Å². The van der Waals surface area contributed by atoms with E-state index < -0.39 is 12.1 Å². The fourth-order valence-electron chi connectivity index (χ4n) is 2.51. The minimum absolute atomic E-state index is 0.460. The predicted octanol–water partition coefficient (Wildman–Crippen LogP) is 5.29. The summed E-state index contributed by atoms with van der Waals surface area (Å²) in [5.74, 6) is 0.920. The Labute approximate surface area is 147 Å². The molecule has 0 saturated carbocycles. The van der Waals surface area contributed by atoms with Gasteiger partial charge in [-0.2, -0.15) is 0 Å². The van der Waals surface area contributed by atoms with Crippen molar-refractivity contribution in [2.45, 2.75) is 79.1 Å². The Morgan fingerprint density at radius 1 is 0.750 bits per heavy atom. The Morgan fingerprint density at radius 3 is 1.42 bits per heavy atom. The SMILES string of the molecule is CCCCC(CC)CNC(=O)N=NC(=O)NCC(CC)CCCC. The van der Waals surface area contributed by atoms with Crippen LogP contribution in [0.4, 0.5) is 9.59 Å². The zero-order valence-corrected chi connectivity index (χ0v) is 15.9. The normalized spacial score (nSPS) is 13.7. The van der Waals surface area contributed by atoms with Gasteiger partial charge in [0.25, 0.3) is 0 Å². The summed E-state index contributed by atoms with van der Waals surface area (Å²) in [6, 6.07) is -1.09. The van der Waals surface area contributed by atoms with Gasteiger partial charge in [0, 0.05) is 13.1 Å². The van der Waals surface area contributed by atoms with Crippen LogP contribution in [0.3, 0.4) is 0 Å². The molecular weight excluding hydrogens is 304 g/mol. The van der Waals surface area contributed by atoms with Gasteiger partial charge in [-0.25, -0.2) is 9.59 Å². The lowest BCUT2D eigenvalue weighted by Crippen LogP contribution is -2.28. The molecule has 6 nitrogen and oxygen atoms in total. The molecule has 0 aliphatic rings. The standard InChI is InChI=1S/C18H36N4O2/c1-5-9-11-15(7-3)13-19-17(23)21-22-18(24)20-14-16(8-4)12-10-6-2/h15-16H,5-14H2,1-4H3,(H,19,23)(H,20,24). The van der Waals surface area contributed by atoms with Crippen molar-refractivity contribution in [2.75, 3.05) is 13.1 Å². The first-order valence-electron chi connectivity index (χ1n) is 9.54. The van der Waals surface area contributed by atoms with Crippen LogP contribution in [-0.2, 0) is 0 Å². The van der Waals surface area contributed by atoms with Gasteiger partial charge >= 0.3 is 12.1 Å². The number of rotatable bonds is 12. The van der Waals surface area contributed by atoms with Crippen molar-refractivity contribution in [3.63, 3.8) is 0 Å². The molecule has 6 heteroatoms. The molecule has 24 heavy (non-hydrogen) atoms. The number of hydrogen-bond acceptors (Lipinski definition) is 2. The molecule has 0 radical (unpaired) electrons. The summed E-state index contributed by atoms with van der Waals surface area (Å²) in [6.07, 6.45) is 8.87. The summed E-state index contributed by atoms with van der Waals surface area (Å²) in [5.41, 5.74) is 0. The van der Waals surface area contributed by atoms with Crippen LogP contribution < -0.4 is 10.6 Å². The van der Waals surface area contributed by atoms with Gasteiger partial charge in [0.05, 0.1) is 0 Å². The maximum Gasteiger partial charge on any atom is 0.359 e. The van der Waals surface area contributed by atoms with E-state index in [1.165, 1.54) is 0 Å². The zero-order valence-electron chi connectivity index (χ0n) is 15.9. The maximum absolute atomic E-state index is 11.6. The van der Waals surface area contributed by atoms with E-state index in [-0.39, 0.29) is 0 Å². The first-order chi connectivity index (χ1) is 11.6. The zero-order chi connectivity index (χ0) is 18.2. The predicted molar refractivity (Wildman–Crippen MR) is 98.3 cm³/mol. The number of unbranched alkanes of at least 4 members (excludes halogenated alkanes) is 2. The van der Waals surface area contributed by atoms with Gasteiger partial charge in [0.15, 0.2) is 0 Å². The van der Waals surface area contributed by atoms with E-state index in [4.69, 9.17) is 0 Å². The Kier molecular flexibility index (Phi) is 14.2. The highest BCUT2D eigenvalue weighted by Crippen LogP contribution is 2.12. The quantitative estimate of drug-likeness (QED) is 0.473. The van der Waals surface area contributed by atoms with Gasteiger partial charge in [-0.15, -0.1) is 0 Å². The minimum Gasteiger partial charge on any atom is -0.335 e. The molecule has 140 valence electrons. The van der Waals surface area contributed by atoms with Crippen LogP contribution in [0.1, 0.15) is 79.1 Å². The number of nitrogens with zero attached hydrogens (tertiary/aromatic N) is 2. The van der Waals surface area contributed by atoms with E-state index in [0.29, 0.717) is 24.9 Å². The first kappa shape index (κ1) is 22.5. The fraction of sp³-hybridized carbons (Fsp3) is 0.889. The third-order valence-electron chi connectivity index (χ3n) is 4.40. The Hall–Kier alpha value is -1.46. The summed E-state index contributed by atoms with van der Waals surface area (Å²) in [6.45, 7) is 9.72. The van der Waals surface area contributed by atoms with Crippen LogP contribution in [-0.4, -0.2) is 25.2 Å². The summed E-state index contributed by atoms with van der Waals surface area (Å²) in [4.78, 5) is 23.3. The minimum atomic E-state index is -0.543. The van der Waals surface area contributed by atoms with Crippen LogP contribution in [0.2, 0.25) is 0 Å². The molecule has 0 saturated heterocycles. The van der Waals surface area contributed by atoms with Gasteiger partial charge in [-0.3, -0.25) is 0 Å². The molecule has 2 unspecified atom stereocenters. The summed E-state index contributed by atoms with van der Waals surface area (Å²) in [7, 11) is 0. The van der Waals surface area contributed by atoms with Gasteiger partial charge in [0.2, 0.25) is 0 Å². The summed E-state index contributed by atoms with van der Waals surface area (Å²) < 4.78 is 0. The summed E-state index contributed by atoms with van der Waals surface area (Å²) in [5, 5.41) is 12.3. The second-order valence-corrected chi connectivity index (χ2v) is 6.41. The first-order valence-corrected chi connectivity index (χ1v) is 9.54. The number of carbonyl (C=O) groups excluding carboxylic acids is 2. The molecule has 0 fully saturated rings. The molecule has 0 aromatic rings. The number of amides is 4. The maximum atomic E-state index is 11.6. The number of carbonyl (C=O) groups is 2. The van der Waals surface area contributed by atoms with Gasteiger partial charge in [0.1, 0.15) is 0 Å². The molecule has 2 atom stereocenters. The highest BCUT2D eigenvalue weighted by molar-refractivity contribution is 5.79. The second kappa shape index (κ2) is 15.1. The molecule has 0 bridgehead atoms. The molecule has 0 spiro atoms. The second-order valence-electron chi connectivity index (χ2n) is 6.41. The molecule has 0 aliphatic heterocycles. The lowest BCUT2D eigenvalue weighted by Gasteiger charge is -2.14. The fourth-order valence-corrected chi connectivity index (χ4v) is 2.51. The van der Waals surface area contributed by atoms with Crippen LogP contribution >= 0.6 is 0 Å². The monoisotopic (exact) mass is 340 g/mol. The number of nitrogens with one attached hydrogen (secondary N) is 2. The number of azo groups is 1.